The van der Waals surface area contributed by atoms with E-state index in [0.29, 0.717) is 0 Å². The fraction of sp³-hybridized carbons (Fsp3) is 1.00. The topological polar surface area (TPSA) is 0 Å². The Balaban J connectivity index is 4.52. The van der Waals surface area contributed by atoms with Crippen molar-refractivity contribution >= 4 is 0 Å². The van der Waals surface area contributed by atoms with Crippen molar-refractivity contribution in [3.63, 3.8) is 0 Å². The maximum Gasteiger partial charge on any atom is -0.0409 e. The van der Waals surface area contributed by atoms with Gasteiger partial charge in [-0.1, -0.05) is 121 Å². The molecule has 30 heavy (non-hydrogen) atoms. The van der Waals surface area contributed by atoms with Crippen LogP contribution in [0.5, 0.6) is 0 Å². The standard InChI is InChI=1S/C30H62/c1-23(2)15-16-28(19-24(3)4)13-11-12-14-29(20-25(5)6)17-18-30(21-26(7)8)22-27(9)10/h23-30H,11-22H2,1-10H3. The van der Waals surface area contributed by atoms with Gasteiger partial charge in [0.05, 0.1) is 0 Å². The zero-order chi connectivity index (χ0) is 23.1. The summed E-state index contributed by atoms with van der Waals surface area (Å²) in [7, 11) is 0. The van der Waals surface area contributed by atoms with Crippen molar-refractivity contribution in [3.05, 3.63) is 0 Å². The third-order valence-electron chi connectivity index (χ3n) is 6.83. The molecular weight excluding hydrogens is 360 g/mol. The van der Waals surface area contributed by atoms with Gasteiger partial charge >= 0.3 is 0 Å². The highest BCUT2D eigenvalue weighted by atomic mass is 14.2. The van der Waals surface area contributed by atoms with Crippen LogP contribution < -0.4 is 0 Å². The molecule has 0 aromatic carbocycles. The molecule has 2 atom stereocenters. The predicted molar refractivity (Wildman–Crippen MR) is 140 cm³/mol. The number of hydrogen-bond acceptors (Lipinski definition) is 0. The molecule has 0 rings (SSSR count). The van der Waals surface area contributed by atoms with Crippen LogP contribution in [0.15, 0.2) is 0 Å². The van der Waals surface area contributed by atoms with Gasteiger partial charge in [-0.25, -0.2) is 0 Å². The molecule has 0 heterocycles. The van der Waals surface area contributed by atoms with Crippen LogP contribution in [0, 0.1) is 47.3 Å². The molecule has 0 aliphatic carbocycles. The first kappa shape index (κ1) is 30.0. The minimum atomic E-state index is 0.848. The molecule has 0 nitrogen and oxygen atoms in total. The summed E-state index contributed by atoms with van der Waals surface area (Å²) in [6.45, 7) is 24.1. The Hall–Kier alpha value is 0. The van der Waals surface area contributed by atoms with Gasteiger partial charge in [-0.15, -0.1) is 0 Å². The van der Waals surface area contributed by atoms with Gasteiger partial charge in [0, 0.05) is 0 Å². The predicted octanol–water partition coefficient (Wildman–Crippen LogP) is 10.8. The fourth-order valence-corrected chi connectivity index (χ4v) is 5.67. The number of hydrogen-bond donors (Lipinski definition) is 0. The van der Waals surface area contributed by atoms with E-state index in [2.05, 4.69) is 69.2 Å². The molecule has 0 fully saturated rings. The van der Waals surface area contributed by atoms with Crippen LogP contribution in [0.25, 0.3) is 0 Å². The van der Waals surface area contributed by atoms with E-state index in [4.69, 9.17) is 0 Å². The van der Waals surface area contributed by atoms with Crippen molar-refractivity contribution in [1.82, 2.24) is 0 Å². The molecular formula is C30H62. The molecule has 0 bridgehead atoms. The van der Waals surface area contributed by atoms with E-state index in [0.717, 1.165) is 47.3 Å². The monoisotopic (exact) mass is 422 g/mol. The second-order valence-electron chi connectivity index (χ2n) is 12.9. The average Bonchev–Trinajstić information content (AvgIpc) is 2.58. The molecule has 182 valence electrons. The number of unbranched alkanes of at least 4 members (excludes halogenated alkanes) is 1. The molecule has 0 N–H and O–H groups in total. The smallest absolute Gasteiger partial charge is 0.0409 e. The van der Waals surface area contributed by atoms with Crippen LogP contribution in [-0.4, -0.2) is 0 Å². The summed E-state index contributed by atoms with van der Waals surface area (Å²) in [4.78, 5) is 0. The summed E-state index contributed by atoms with van der Waals surface area (Å²) >= 11 is 0. The first-order valence-corrected chi connectivity index (χ1v) is 14.0. The molecule has 0 radical (unpaired) electrons. The Morgan fingerprint density at radius 1 is 0.300 bits per heavy atom. The SMILES string of the molecule is CC(C)CCC(CCCCC(CCC(CC(C)C)CC(C)C)CC(C)C)CC(C)C. The van der Waals surface area contributed by atoms with Crippen molar-refractivity contribution < 1.29 is 0 Å². The van der Waals surface area contributed by atoms with E-state index in [1.807, 2.05) is 0 Å². The van der Waals surface area contributed by atoms with Crippen molar-refractivity contribution in [1.29, 1.82) is 0 Å². The molecule has 0 aromatic heterocycles. The van der Waals surface area contributed by atoms with E-state index < -0.39 is 0 Å². The summed E-state index contributed by atoms with van der Waals surface area (Å²) in [5.74, 6) is 7.15. The van der Waals surface area contributed by atoms with Gasteiger partial charge in [0.15, 0.2) is 0 Å². The molecule has 0 aromatic rings. The largest absolute Gasteiger partial charge is 0.0628 e. The molecule has 0 heteroatoms. The van der Waals surface area contributed by atoms with E-state index >= 15 is 0 Å². The second-order valence-corrected chi connectivity index (χ2v) is 12.9. The highest BCUT2D eigenvalue weighted by Crippen LogP contribution is 2.31. The highest BCUT2D eigenvalue weighted by molar-refractivity contribution is 4.70. The molecule has 0 aliphatic heterocycles. The maximum atomic E-state index is 2.43. The molecule has 0 saturated carbocycles. The quantitative estimate of drug-likeness (QED) is 0.181. The summed E-state index contributed by atoms with van der Waals surface area (Å²) < 4.78 is 0. The number of rotatable bonds is 19. The van der Waals surface area contributed by atoms with Crippen LogP contribution >= 0.6 is 0 Å². The van der Waals surface area contributed by atoms with Gasteiger partial charge in [0.1, 0.15) is 0 Å². The van der Waals surface area contributed by atoms with Gasteiger partial charge in [-0.2, -0.15) is 0 Å². The Morgan fingerprint density at radius 2 is 0.600 bits per heavy atom. The second kappa shape index (κ2) is 17.5. The fourth-order valence-electron chi connectivity index (χ4n) is 5.67. The molecule has 0 amide bonds. The molecule has 0 aliphatic rings. The first-order chi connectivity index (χ1) is 14.0. The third kappa shape index (κ3) is 18.7. The van der Waals surface area contributed by atoms with Gasteiger partial charge in [0.2, 0.25) is 0 Å². The summed E-state index contributed by atoms with van der Waals surface area (Å²) in [6.07, 6.45) is 17.4. The lowest BCUT2D eigenvalue weighted by Crippen LogP contribution is -2.12. The lowest BCUT2D eigenvalue weighted by molar-refractivity contribution is 0.268. The van der Waals surface area contributed by atoms with Gasteiger partial charge in [-0.05, 0) is 73.0 Å². The van der Waals surface area contributed by atoms with Crippen LogP contribution in [0.1, 0.15) is 146 Å². The van der Waals surface area contributed by atoms with E-state index in [1.165, 1.54) is 77.0 Å². The Morgan fingerprint density at radius 3 is 0.933 bits per heavy atom. The lowest BCUT2D eigenvalue weighted by atomic mass is 9.81. The van der Waals surface area contributed by atoms with E-state index in [-0.39, 0.29) is 0 Å². The summed E-state index contributed by atoms with van der Waals surface area (Å²) in [6, 6.07) is 0. The molecule has 0 saturated heterocycles. The molecule has 0 spiro atoms. The third-order valence-corrected chi connectivity index (χ3v) is 6.83. The highest BCUT2D eigenvalue weighted by Gasteiger charge is 2.18. The lowest BCUT2D eigenvalue weighted by Gasteiger charge is -2.25. The van der Waals surface area contributed by atoms with Gasteiger partial charge in [-0.3, -0.25) is 0 Å². The van der Waals surface area contributed by atoms with Crippen molar-refractivity contribution in [3.8, 4) is 0 Å². The van der Waals surface area contributed by atoms with Crippen molar-refractivity contribution in [2.45, 2.75) is 146 Å². The minimum Gasteiger partial charge on any atom is -0.0628 e. The van der Waals surface area contributed by atoms with Crippen molar-refractivity contribution in [2.75, 3.05) is 0 Å². The van der Waals surface area contributed by atoms with Crippen LogP contribution in [-0.2, 0) is 0 Å². The average molecular weight is 423 g/mol. The summed E-state index contributed by atoms with van der Waals surface area (Å²) in [5, 5.41) is 0. The zero-order valence-corrected chi connectivity index (χ0v) is 23.1. The Bertz CT molecular complexity index is 352. The van der Waals surface area contributed by atoms with Crippen LogP contribution in [0.3, 0.4) is 0 Å². The first-order valence-electron chi connectivity index (χ1n) is 14.0. The normalized spacial score (nSPS) is 14.8. The molecule has 2 unspecified atom stereocenters. The van der Waals surface area contributed by atoms with Crippen molar-refractivity contribution in [2.24, 2.45) is 47.3 Å². The maximum absolute atomic E-state index is 2.43. The van der Waals surface area contributed by atoms with Crippen LogP contribution in [0.2, 0.25) is 0 Å². The van der Waals surface area contributed by atoms with Crippen LogP contribution in [0.4, 0.5) is 0 Å². The Kier molecular flexibility index (Phi) is 17.5. The Labute approximate surface area is 193 Å². The zero-order valence-electron chi connectivity index (χ0n) is 23.1. The van der Waals surface area contributed by atoms with Gasteiger partial charge in [0.25, 0.3) is 0 Å². The van der Waals surface area contributed by atoms with E-state index in [9.17, 15) is 0 Å². The minimum absolute atomic E-state index is 0.848. The summed E-state index contributed by atoms with van der Waals surface area (Å²) in [5.41, 5.74) is 0. The van der Waals surface area contributed by atoms with E-state index in [1.54, 1.807) is 0 Å². The van der Waals surface area contributed by atoms with Gasteiger partial charge < -0.3 is 0 Å².